The Morgan fingerprint density at radius 2 is 1.82 bits per heavy atom. The summed E-state index contributed by atoms with van der Waals surface area (Å²) < 4.78 is 6.20. The van der Waals surface area contributed by atoms with Crippen LogP contribution >= 0.6 is 27.3 Å². The van der Waals surface area contributed by atoms with E-state index in [0.29, 0.717) is 17.7 Å². The van der Waals surface area contributed by atoms with Gasteiger partial charge in [-0.3, -0.25) is 15.1 Å². The molecule has 1 aliphatic heterocycles. The molecule has 33 heavy (non-hydrogen) atoms. The number of aromatic nitrogens is 1. The maximum absolute atomic E-state index is 13.3. The molecule has 4 rings (SSSR count). The Balaban J connectivity index is 1.56. The highest BCUT2D eigenvalue weighted by atomic mass is 79.9. The van der Waals surface area contributed by atoms with E-state index < -0.39 is 11.7 Å². The number of benzene rings is 2. The first kappa shape index (κ1) is 23.1. The molecule has 2 heterocycles. The zero-order chi connectivity index (χ0) is 23.6. The van der Waals surface area contributed by atoms with Crippen molar-refractivity contribution in [2.24, 2.45) is 5.10 Å². The highest BCUT2D eigenvalue weighted by Crippen LogP contribution is 2.36. The largest absolute Gasteiger partial charge is 0.444 e. The average Bonchev–Trinajstić information content (AvgIpc) is 3.43. The van der Waals surface area contributed by atoms with Crippen LogP contribution in [0.1, 0.15) is 54.0 Å². The molecular formula is C24H23BrN4O3S. The zero-order valence-corrected chi connectivity index (χ0v) is 20.8. The van der Waals surface area contributed by atoms with Crippen molar-refractivity contribution in [3.05, 3.63) is 80.7 Å². The van der Waals surface area contributed by atoms with Crippen molar-refractivity contribution in [1.29, 1.82) is 0 Å². The van der Waals surface area contributed by atoms with Crippen LogP contribution < -0.4 is 5.32 Å². The van der Waals surface area contributed by atoms with Gasteiger partial charge in [-0.2, -0.15) is 5.10 Å². The van der Waals surface area contributed by atoms with Gasteiger partial charge in [-0.25, -0.2) is 9.80 Å². The van der Waals surface area contributed by atoms with Crippen molar-refractivity contribution in [3.8, 4) is 0 Å². The van der Waals surface area contributed by atoms with E-state index in [0.717, 1.165) is 20.6 Å². The van der Waals surface area contributed by atoms with E-state index in [1.165, 1.54) is 11.3 Å². The first-order valence-electron chi connectivity index (χ1n) is 10.3. The molecular weight excluding hydrogens is 504 g/mol. The fraction of sp³-hybridized carbons (Fsp3) is 0.250. The van der Waals surface area contributed by atoms with Crippen molar-refractivity contribution in [3.63, 3.8) is 0 Å². The molecule has 1 N–H and O–H groups in total. The van der Waals surface area contributed by atoms with Crippen LogP contribution in [0.2, 0.25) is 0 Å². The van der Waals surface area contributed by atoms with Crippen molar-refractivity contribution in [1.82, 2.24) is 9.99 Å². The van der Waals surface area contributed by atoms with Crippen LogP contribution in [0.4, 0.5) is 10.5 Å². The normalized spacial score (nSPS) is 15.8. The number of carbonyl (C=O) groups excluding carboxylic acids is 2. The van der Waals surface area contributed by atoms with Gasteiger partial charge in [0, 0.05) is 33.2 Å². The first-order chi connectivity index (χ1) is 15.7. The average molecular weight is 527 g/mol. The Hall–Kier alpha value is -3.04. The number of nitrogens with zero attached hydrogens (tertiary/aromatic N) is 3. The molecule has 0 bridgehead atoms. The molecule has 0 radical (unpaired) electrons. The number of nitrogens with one attached hydrogen (secondary N) is 1. The maximum atomic E-state index is 13.3. The van der Waals surface area contributed by atoms with E-state index in [-0.39, 0.29) is 11.9 Å². The molecule has 0 saturated carbocycles. The lowest BCUT2D eigenvalue weighted by Crippen LogP contribution is -2.27. The van der Waals surface area contributed by atoms with Gasteiger partial charge in [0.2, 0.25) is 0 Å². The molecule has 0 aliphatic carbocycles. The Bertz CT molecular complexity index is 1170. The second-order valence-corrected chi connectivity index (χ2v) is 10.4. The molecule has 7 nitrogen and oxygen atoms in total. The number of hydrogen-bond acceptors (Lipinski definition) is 6. The number of hydrazone groups is 1. The smallest absolute Gasteiger partial charge is 0.412 e. The summed E-state index contributed by atoms with van der Waals surface area (Å²) in [5, 5.41) is 8.95. The SMILES string of the molecule is CC(C)(C)OC(=O)Nc1ccc(C2=NN(C(=O)c3ccc(Br)cc3)C(c3cncs3)C2)cc1. The Morgan fingerprint density at radius 1 is 1.12 bits per heavy atom. The highest BCUT2D eigenvalue weighted by Gasteiger charge is 2.34. The lowest BCUT2D eigenvalue weighted by Gasteiger charge is -2.20. The molecule has 1 atom stereocenters. The van der Waals surface area contributed by atoms with Crippen LogP contribution in [0.25, 0.3) is 0 Å². The highest BCUT2D eigenvalue weighted by molar-refractivity contribution is 9.10. The van der Waals surface area contributed by atoms with Crippen LogP contribution in [0.5, 0.6) is 0 Å². The van der Waals surface area contributed by atoms with Gasteiger partial charge in [0.15, 0.2) is 0 Å². The molecule has 1 aromatic heterocycles. The molecule has 0 spiro atoms. The van der Waals surface area contributed by atoms with Crippen LogP contribution in [0.15, 0.2) is 69.8 Å². The summed E-state index contributed by atoms with van der Waals surface area (Å²) in [5.74, 6) is -0.167. The summed E-state index contributed by atoms with van der Waals surface area (Å²) in [7, 11) is 0. The fourth-order valence-corrected chi connectivity index (χ4v) is 4.35. The molecule has 170 valence electrons. The number of hydrogen-bond donors (Lipinski definition) is 1. The van der Waals surface area contributed by atoms with Gasteiger partial charge in [0.1, 0.15) is 5.60 Å². The Kier molecular flexibility index (Phi) is 6.62. The van der Waals surface area contributed by atoms with Crippen molar-refractivity contribution in [2.45, 2.75) is 38.8 Å². The third-order valence-corrected chi connectivity index (χ3v) is 6.26. The number of thiazole rings is 1. The number of amides is 2. The van der Waals surface area contributed by atoms with Gasteiger partial charge >= 0.3 is 6.09 Å². The van der Waals surface area contributed by atoms with Crippen LogP contribution in [-0.2, 0) is 4.74 Å². The predicted octanol–water partition coefficient (Wildman–Crippen LogP) is 6.24. The van der Waals surface area contributed by atoms with E-state index in [1.54, 1.807) is 41.0 Å². The minimum Gasteiger partial charge on any atom is -0.444 e. The Labute approximate surface area is 204 Å². The van der Waals surface area contributed by atoms with E-state index in [9.17, 15) is 9.59 Å². The summed E-state index contributed by atoms with van der Waals surface area (Å²) in [4.78, 5) is 30.4. The molecule has 0 fully saturated rings. The van der Waals surface area contributed by atoms with E-state index >= 15 is 0 Å². The second-order valence-electron chi connectivity index (χ2n) is 8.53. The van der Waals surface area contributed by atoms with Crippen LogP contribution in [0.3, 0.4) is 0 Å². The molecule has 2 aromatic carbocycles. The number of rotatable bonds is 4. The Morgan fingerprint density at radius 3 is 2.42 bits per heavy atom. The fourth-order valence-electron chi connectivity index (χ4n) is 3.38. The number of halogens is 1. The summed E-state index contributed by atoms with van der Waals surface area (Å²) in [6.07, 6.45) is 1.84. The van der Waals surface area contributed by atoms with E-state index in [1.807, 2.05) is 45.0 Å². The molecule has 0 saturated heterocycles. The summed E-state index contributed by atoms with van der Waals surface area (Å²) in [6.45, 7) is 5.44. The number of ether oxygens (including phenoxy) is 1. The van der Waals surface area contributed by atoms with Gasteiger partial charge in [0.05, 0.1) is 17.3 Å². The zero-order valence-electron chi connectivity index (χ0n) is 18.4. The van der Waals surface area contributed by atoms with Gasteiger partial charge < -0.3 is 4.74 Å². The second kappa shape index (κ2) is 9.44. The molecule has 9 heteroatoms. The van der Waals surface area contributed by atoms with Gasteiger partial charge in [-0.05, 0) is 62.7 Å². The topological polar surface area (TPSA) is 83.9 Å². The third-order valence-electron chi connectivity index (χ3n) is 4.85. The molecule has 1 unspecified atom stereocenters. The number of carbonyl (C=O) groups is 2. The standard InChI is InChI=1S/C24H23BrN4O3S/c1-24(2,3)32-23(31)27-18-10-6-15(7-11-18)19-12-20(21-13-26-14-33-21)29(28-19)22(30)16-4-8-17(25)9-5-16/h4-11,13-14,20H,12H2,1-3H3,(H,27,31). The van der Waals surface area contributed by atoms with Crippen molar-refractivity contribution >= 4 is 50.7 Å². The number of anilines is 1. The van der Waals surface area contributed by atoms with E-state index in [2.05, 4.69) is 31.3 Å². The van der Waals surface area contributed by atoms with Crippen LogP contribution in [-0.4, -0.2) is 33.3 Å². The van der Waals surface area contributed by atoms with Crippen molar-refractivity contribution in [2.75, 3.05) is 5.32 Å². The monoisotopic (exact) mass is 526 g/mol. The van der Waals surface area contributed by atoms with E-state index in [4.69, 9.17) is 4.74 Å². The first-order valence-corrected chi connectivity index (χ1v) is 12.0. The molecule has 3 aromatic rings. The predicted molar refractivity (Wildman–Crippen MR) is 133 cm³/mol. The quantitative estimate of drug-likeness (QED) is 0.435. The summed E-state index contributed by atoms with van der Waals surface area (Å²) >= 11 is 4.91. The molecule has 2 amide bonds. The summed E-state index contributed by atoms with van der Waals surface area (Å²) in [5.41, 5.74) is 4.04. The lowest BCUT2D eigenvalue weighted by molar-refractivity contribution is 0.0635. The van der Waals surface area contributed by atoms with Crippen molar-refractivity contribution < 1.29 is 14.3 Å². The minimum atomic E-state index is -0.570. The molecule has 1 aliphatic rings. The lowest BCUT2D eigenvalue weighted by atomic mass is 10.0. The summed E-state index contributed by atoms with van der Waals surface area (Å²) in [6, 6.07) is 14.4. The van der Waals surface area contributed by atoms with Gasteiger partial charge in [-0.15, -0.1) is 11.3 Å². The van der Waals surface area contributed by atoms with Gasteiger partial charge in [0.25, 0.3) is 5.91 Å². The van der Waals surface area contributed by atoms with Gasteiger partial charge in [-0.1, -0.05) is 28.1 Å². The van der Waals surface area contributed by atoms with Crippen LogP contribution in [0, 0.1) is 0 Å². The third kappa shape index (κ3) is 5.66. The maximum Gasteiger partial charge on any atom is 0.412 e. The minimum absolute atomic E-state index is 0.167.